The number of nitro benzene ring substituents is 1. The molecule has 0 bridgehead atoms. The standard InChI is InChI=1S/C19H19FIN3O4/c20-14-3-1-2-13(10-14)18(23-6-8-28-9-7-23)12-22-19(25)16-5-4-15(24(26)27)11-17(16)21/h1-5,10-11,18H,6-9,12H2,(H,22,25). The monoisotopic (exact) mass is 499 g/mol. The van der Waals surface area contributed by atoms with Crippen LogP contribution in [-0.2, 0) is 4.74 Å². The van der Waals surface area contributed by atoms with Crippen LogP contribution in [0.3, 0.4) is 0 Å². The lowest BCUT2D eigenvalue weighted by Gasteiger charge is -2.35. The maximum absolute atomic E-state index is 13.7. The lowest BCUT2D eigenvalue weighted by atomic mass is 10.0. The molecular weight excluding hydrogens is 480 g/mol. The third-order valence-electron chi connectivity index (χ3n) is 4.58. The van der Waals surface area contributed by atoms with E-state index in [0.717, 1.165) is 5.56 Å². The second-order valence-electron chi connectivity index (χ2n) is 6.35. The predicted octanol–water partition coefficient (Wildman–Crippen LogP) is 3.14. The van der Waals surface area contributed by atoms with Crippen molar-refractivity contribution in [3.05, 3.63) is 73.1 Å². The number of hydrogen-bond donors (Lipinski definition) is 1. The first kappa shape index (κ1) is 20.6. The summed E-state index contributed by atoms with van der Waals surface area (Å²) in [5, 5.41) is 13.7. The maximum Gasteiger partial charge on any atom is 0.270 e. The number of halogens is 2. The topological polar surface area (TPSA) is 84.7 Å². The highest BCUT2D eigenvalue weighted by molar-refractivity contribution is 14.1. The van der Waals surface area contributed by atoms with Crippen LogP contribution >= 0.6 is 22.6 Å². The second-order valence-corrected chi connectivity index (χ2v) is 7.51. The fraction of sp³-hybridized carbons (Fsp3) is 0.316. The highest BCUT2D eigenvalue weighted by Gasteiger charge is 2.24. The van der Waals surface area contributed by atoms with Gasteiger partial charge in [-0.15, -0.1) is 0 Å². The number of hydrogen-bond acceptors (Lipinski definition) is 5. The number of rotatable bonds is 6. The largest absolute Gasteiger partial charge is 0.379 e. The van der Waals surface area contributed by atoms with Crippen LogP contribution in [0.5, 0.6) is 0 Å². The molecule has 9 heteroatoms. The molecule has 2 aromatic carbocycles. The maximum atomic E-state index is 13.7. The zero-order chi connectivity index (χ0) is 20.1. The number of nitrogens with zero attached hydrogens (tertiary/aromatic N) is 2. The molecule has 1 fully saturated rings. The number of carbonyl (C=O) groups excluding carboxylic acids is 1. The Bertz CT molecular complexity index is 874. The van der Waals surface area contributed by atoms with Gasteiger partial charge >= 0.3 is 0 Å². The van der Waals surface area contributed by atoms with Crippen molar-refractivity contribution in [1.29, 1.82) is 0 Å². The molecule has 1 aliphatic heterocycles. The first-order chi connectivity index (χ1) is 13.5. The van der Waals surface area contributed by atoms with Gasteiger partial charge in [-0.1, -0.05) is 12.1 Å². The number of benzene rings is 2. The summed E-state index contributed by atoms with van der Waals surface area (Å²) in [6.07, 6.45) is 0. The van der Waals surface area contributed by atoms with E-state index in [1.165, 1.54) is 30.3 Å². The molecule has 0 spiro atoms. The lowest BCUT2D eigenvalue weighted by Crippen LogP contribution is -2.44. The summed E-state index contributed by atoms with van der Waals surface area (Å²) in [5.74, 6) is -0.652. The van der Waals surface area contributed by atoms with Gasteiger partial charge in [-0.05, 0) is 46.4 Å². The Morgan fingerprint density at radius 1 is 1.29 bits per heavy atom. The van der Waals surface area contributed by atoms with Crippen molar-refractivity contribution in [3.63, 3.8) is 0 Å². The van der Waals surface area contributed by atoms with Gasteiger partial charge in [0.2, 0.25) is 0 Å². The Hall–Kier alpha value is -2.11. The molecule has 1 amide bonds. The smallest absolute Gasteiger partial charge is 0.270 e. The molecule has 1 atom stereocenters. The Morgan fingerprint density at radius 3 is 2.68 bits per heavy atom. The van der Waals surface area contributed by atoms with Gasteiger partial charge in [0.15, 0.2) is 0 Å². The molecule has 0 aliphatic carbocycles. The van der Waals surface area contributed by atoms with Crippen LogP contribution in [-0.4, -0.2) is 48.6 Å². The van der Waals surface area contributed by atoms with Crippen LogP contribution in [0.25, 0.3) is 0 Å². The van der Waals surface area contributed by atoms with E-state index in [-0.39, 0.29) is 30.0 Å². The van der Waals surface area contributed by atoms with Crippen molar-refractivity contribution < 1.29 is 18.8 Å². The molecule has 7 nitrogen and oxygen atoms in total. The van der Waals surface area contributed by atoms with Gasteiger partial charge in [-0.25, -0.2) is 4.39 Å². The molecule has 1 unspecified atom stereocenters. The van der Waals surface area contributed by atoms with Crippen LogP contribution in [0, 0.1) is 19.5 Å². The minimum absolute atomic E-state index is 0.0631. The fourth-order valence-corrected chi connectivity index (χ4v) is 3.89. The summed E-state index contributed by atoms with van der Waals surface area (Å²) in [5.41, 5.74) is 1.08. The van der Waals surface area contributed by atoms with Gasteiger partial charge in [-0.3, -0.25) is 19.8 Å². The van der Waals surface area contributed by atoms with Crippen molar-refractivity contribution in [2.45, 2.75) is 6.04 Å². The normalized spacial score (nSPS) is 15.8. The molecule has 0 saturated carbocycles. The highest BCUT2D eigenvalue weighted by Crippen LogP contribution is 2.23. The minimum atomic E-state index is -0.498. The zero-order valence-electron chi connectivity index (χ0n) is 14.9. The van der Waals surface area contributed by atoms with Crippen molar-refractivity contribution in [2.24, 2.45) is 0 Å². The van der Waals surface area contributed by atoms with Crippen molar-refractivity contribution in [2.75, 3.05) is 32.8 Å². The third kappa shape index (κ3) is 5.03. The number of nitro groups is 1. The van der Waals surface area contributed by atoms with Gasteiger partial charge in [0.25, 0.3) is 11.6 Å². The van der Waals surface area contributed by atoms with Crippen LogP contribution in [0.1, 0.15) is 22.0 Å². The summed E-state index contributed by atoms with van der Waals surface area (Å²) >= 11 is 1.91. The molecular formula is C19H19FIN3O4. The molecule has 148 valence electrons. The molecule has 0 radical (unpaired) electrons. The number of morpholine rings is 1. The van der Waals surface area contributed by atoms with Crippen LogP contribution in [0.15, 0.2) is 42.5 Å². The summed E-state index contributed by atoms with van der Waals surface area (Å²) in [7, 11) is 0. The molecule has 1 heterocycles. The molecule has 3 rings (SSSR count). The van der Waals surface area contributed by atoms with Crippen LogP contribution in [0.4, 0.5) is 10.1 Å². The molecule has 28 heavy (non-hydrogen) atoms. The summed E-state index contributed by atoms with van der Waals surface area (Å²) in [4.78, 5) is 25.1. The van der Waals surface area contributed by atoms with E-state index >= 15 is 0 Å². The Morgan fingerprint density at radius 2 is 2.04 bits per heavy atom. The van der Waals surface area contributed by atoms with Crippen molar-refractivity contribution >= 4 is 34.2 Å². The van der Waals surface area contributed by atoms with E-state index in [4.69, 9.17) is 4.74 Å². The average molecular weight is 499 g/mol. The summed E-state index contributed by atoms with van der Waals surface area (Å²) in [6.45, 7) is 2.83. The fourth-order valence-electron chi connectivity index (χ4n) is 3.15. The number of carbonyl (C=O) groups is 1. The number of non-ortho nitro benzene ring substituents is 1. The van der Waals surface area contributed by atoms with Crippen LogP contribution < -0.4 is 5.32 Å². The first-order valence-corrected chi connectivity index (χ1v) is 9.83. The van der Waals surface area contributed by atoms with Crippen molar-refractivity contribution in [1.82, 2.24) is 10.2 Å². The molecule has 1 N–H and O–H groups in total. The Labute approximate surface area is 175 Å². The molecule has 2 aromatic rings. The first-order valence-electron chi connectivity index (χ1n) is 8.75. The van der Waals surface area contributed by atoms with Gasteiger partial charge < -0.3 is 10.1 Å². The predicted molar refractivity (Wildman–Crippen MR) is 110 cm³/mol. The highest BCUT2D eigenvalue weighted by atomic mass is 127. The quantitative estimate of drug-likeness (QED) is 0.375. The van der Waals surface area contributed by atoms with Gasteiger partial charge in [0, 0.05) is 35.3 Å². The van der Waals surface area contributed by atoms with Crippen molar-refractivity contribution in [3.8, 4) is 0 Å². The number of nitrogens with one attached hydrogen (secondary N) is 1. The Balaban J connectivity index is 1.76. The molecule has 0 aromatic heterocycles. The van der Waals surface area contributed by atoms with E-state index in [1.54, 1.807) is 6.07 Å². The lowest BCUT2D eigenvalue weighted by molar-refractivity contribution is -0.384. The molecule has 1 saturated heterocycles. The zero-order valence-corrected chi connectivity index (χ0v) is 17.1. The van der Waals surface area contributed by atoms with Gasteiger partial charge in [0.05, 0.1) is 29.7 Å². The molecule has 1 aliphatic rings. The second kappa shape index (κ2) is 9.39. The number of amides is 1. The van der Waals surface area contributed by atoms with Gasteiger partial charge in [0.1, 0.15) is 5.82 Å². The van der Waals surface area contributed by atoms with E-state index in [2.05, 4.69) is 10.2 Å². The minimum Gasteiger partial charge on any atom is -0.379 e. The van der Waals surface area contributed by atoms with E-state index in [9.17, 15) is 19.3 Å². The third-order valence-corrected chi connectivity index (χ3v) is 5.48. The van der Waals surface area contributed by atoms with Gasteiger partial charge in [-0.2, -0.15) is 0 Å². The van der Waals surface area contributed by atoms with E-state index in [1.807, 2.05) is 28.7 Å². The number of ether oxygens (including phenoxy) is 1. The summed E-state index contributed by atoms with van der Waals surface area (Å²) < 4.78 is 19.6. The summed E-state index contributed by atoms with van der Waals surface area (Å²) in [6, 6.07) is 10.3. The SMILES string of the molecule is O=C(NCC(c1cccc(F)c1)N1CCOCC1)c1ccc([N+](=O)[O-])cc1I. The van der Waals surface area contributed by atoms with E-state index < -0.39 is 4.92 Å². The van der Waals surface area contributed by atoms with E-state index in [0.29, 0.717) is 35.4 Å². The Kier molecular flexibility index (Phi) is 6.92. The average Bonchev–Trinajstić information content (AvgIpc) is 2.68. The van der Waals surface area contributed by atoms with Crippen LogP contribution in [0.2, 0.25) is 0 Å².